The molecule has 98 valence electrons. The fraction of sp³-hybridized carbons (Fsp3) is 0.615. The summed E-state index contributed by atoms with van der Waals surface area (Å²) in [6, 6.07) is 0.735. The van der Waals surface area contributed by atoms with E-state index in [0.717, 1.165) is 36.3 Å². The average Bonchev–Trinajstić information content (AvgIpc) is 2.95. The van der Waals surface area contributed by atoms with Crippen molar-refractivity contribution in [3.05, 3.63) is 17.3 Å². The highest BCUT2D eigenvalue weighted by atomic mass is 32.1. The summed E-state index contributed by atoms with van der Waals surface area (Å²) >= 11 is 1.71. The molecule has 0 spiro atoms. The van der Waals surface area contributed by atoms with Crippen molar-refractivity contribution in [2.45, 2.75) is 38.8 Å². The normalized spacial score (nSPS) is 15.4. The van der Waals surface area contributed by atoms with Crippen LogP contribution in [0.15, 0.2) is 11.6 Å². The predicted molar refractivity (Wildman–Crippen MR) is 76.5 cm³/mol. The zero-order valence-electron chi connectivity index (χ0n) is 11.0. The van der Waals surface area contributed by atoms with Crippen LogP contribution in [-0.4, -0.2) is 29.0 Å². The van der Waals surface area contributed by atoms with Crippen molar-refractivity contribution in [1.82, 2.24) is 14.7 Å². The molecule has 0 aliphatic heterocycles. The fourth-order valence-corrected chi connectivity index (χ4v) is 2.99. The summed E-state index contributed by atoms with van der Waals surface area (Å²) in [5.74, 6) is 1.14. The van der Waals surface area contributed by atoms with Gasteiger partial charge in [0.2, 0.25) is 0 Å². The standard InChI is InChI=1S/C13H20N4S/c1-3-6-16(2)12-11(9-14-10-4-5-10)17-7-8-18-13(17)15-12/h7-8,10,14H,3-6,9H2,1-2H3. The highest BCUT2D eigenvalue weighted by Crippen LogP contribution is 2.26. The number of rotatable bonds is 6. The number of imidazole rings is 1. The van der Waals surface area contributed by atoms with Gasteiger partial charge in [-0.3, -0.25) is 4.40 Å². The third-order valence-corrected chi connectivity index (χ3v) is 4.15. The van der Waals surface area contributed by atoms with Crippen molar-refractivity contribution in [3.8, 4) is 0 Å². The lowest BCUT2D eigenvalue weighted by Crippen LogP contribution is -2.23. The van der Waals surface area contributed by atoms with E-state index in [2.05, 4.69) is 40.2 Å². The van der Waals surface area contributed by atoms with Crippen LogP contribution in [0.3, 0.4) is 0 Å². The van der Waals surface area contributed by atoms with Crippen LogP contribution in [-0.2, 0) is 6.54 Å². The van der Waals surface area contributed by atoms with Gasteiger partial charge in [-0.1, -0.05) is 6.92 Å². The molecule has 0 saturated heterocycles. The van der Waals surface area contributed by atoms with Crippen LogP contribution in [0.25, 0.3) is 4.96 Å². The minimum Gasteiger partial charge on any atom is -0.358 e. The van der Waals surface area contributed by atoms with Crippen LogP contribution in [0.4, 0.5) is 5.82 Å². The summed E-state index contributed by atoms with van der Waals surface area (Å²) in [5.41, 5.74) is 1.30. The number of nitrogens with one attached hydrogen (secondary N) is 1. The lowest BCUT2D eigenvalue weighted by atomic mass is 10.3. The summed E-state index contributed by atoms with van der Waals surface area (Å²) in [7, 11) is 2.14. The summed E-state index contributed by atoms with van der Waals surface area (Å²) < 4.78 is 2.22. The first-order valence-corrected chi connectivity index (χ1v) is 7.56. The summed E-state index contributed by atoms with van der Waals surface area (Å²) in [6.07, 6.45) is 5.93. The topological polar surface area (TPSA) is 32.6 Å². The van der Waals surface area contributed by atoms with E-state index in [9.17, 15) is 0 Å². The fourth-order valence-electron chi connectivity index (χ4n) is 2.26. The zero-order valence-corrected chi connectivity index (χ0v) is 11.8. The van der Waals surface area contributed by atoms with Gasteiger partial charge in [-0.2, -0.15) is 0 Å². The first-order valence-electron chi connectivity index (χ1n) is 6.68. The molecule has 1 N–H and O–H groups in total. The Labute approximate surface area is 112 Å². The summed E-state index contributed by atoms with van der Waals surface area (Å²) in [6.45, 7) is 4.18. The van der Waals surface area contributed by atoms with Gasteiger partial charge in [0, 0.05) is 37.8 Å². The molecule has 2 aromatic heterocycles. The highest BCUT2D eigenvalue weighted by Gasteiger charge is 2.23. The highest BCUT2D eigenvalue weighted by molar-refractivity contribution is 7.15. The summed E-state index contributed by atoms with van der Waals surface area (Å²) in [5, 5.41) is 5.70. The molecule has 0 amide bonds. The van der Waals surface area contributed by atoms with Crippen LogP contribution in [0, 0.1) is 0 Å². The van der Waals surface area contributed by atoms with Crippen molar-refractivity contribution in [1.29, 1.82) is 0 Å². The Bertz CT molecular complexity index is 526. The van der Waals surface area contributed by atoms with Crippen LogP contribution in [0.2, 0.25) is 0 Å². The first kappa shape index (κ1) is 12.0. The molecule has 2 aromatic rings. The van der Waals surface area contributed by atoms with Gasteiger partial charge in [-0.25, -0.2) is 4.98 Å². The van der Waals surface area contributed by atoms with E-state index in [1.165, 1.54) is 18.5 Å². The molecule has 2 heterocycles. The third kappa shape index (κ3) is 2.24. The monoisotopic (exact) mass is 264 g/mol. The van der Waals surface area contributed by atoms with Gasteiger partial charge < -0.3 is 10.2 Å². The van der Waals surface area contributed by atoms with Crippen LogP contribution in [0.1, 0.15) is 31.9 Å². The molecule has 0 atom stereocenters. The number of nitrogens with zero attached hydrogens (tertiary/aromatic N) is 3. The van der Waals surface area contributed by atoms with Crippen molar-refractivity contribution in [3.63, 3.8) is 0 Å². The molecule has 5 heteroatoms. The molecule has 0 radical (unpaired) electrons. The molecule has 1 fully saturated rings. The second kappa shape index (κ2) is 4.90. The molecule has 1 saturated carbocycles. The molecule has 0 unspecified atom stereocenters. The van der Waals surface area contributed by atoms with Gasteiger partial charge in [0.25, 0.3) is 0 Å². The quantitative estimate of drug-likeness (QED) is 0.870. The molecule has 18 heavy (non-hydrogen) atoms. The lowest BCUT2D eigenvalue weighted by Gasteiger charge is -2.17. The molecular weight excluding hydrogens is 244 g/mol. The van der Waals surface area contributed by atoms with E-state index in [-0.39, 0.29) is 0 Å². The predicted octanol–water partition coefficient (Wildman–Crippen LogP) is 2.49. The van der Waals surface area contributed by atoms with E-state index in [1.807, 2.05) is 0 Å². The zero-order chi connectivity index (χ0) is 12.5. The number of anilines is 1. The number of aromatic nitrogens is 2. The smallest absolute Gasteiger partial charge is 0.195 e. The van der Waals surface area contributed by atoms with Crippen LogP contribution in [0.5, 0.6) is 0 Å². The molecular formula is C13H20N4S. The van der Waals surface area contributed by atoms with Gasteiger partial charge in [-0.05, 0) is 19.3 Å². The molecule has 4 nitrogen and oxygen atoms in total. The SMILES string of the molecule is CCCN(C)c1nc2sccn2c1CNC1CC1. The Morgan fingerprint density at radius 2 is 2.39 bits per heavy atom. The van der Waals surface area contributed by atoms with E-state index >= 15 is 0 Å². The van der Waals surface area contributed by atoms with Crippen LogP contribution >= 0.6 is 11.3 Å². The Morgan fingerprint density at radius 3 is 3.11 bits per heavy atom. The number of thiazole rings is 1. The molecule has 1 aliphatic carbocycles. The van der Waals surface area contributed by atoms with Crippen molar-refractivity contribution in [2.75, 3.05) is 18.5 Å². The Hall–Kier alpha value is -1.07. The maximum absolute atomic E-state index is 4.76. The Balaban J connectivity index is 1.89. The van der Waals surface area contributed by atoms with Gasteiger partial charge in [0.15, 0.2) is 10.8 Å². The minimum absolute atomic E-state index is 0.735. The molecule has 0 aromatic carbocycles. The maximum Gasteiger partial charge on any atom is 0.195 e. The second-order valence-corrected chi connectivity index (χ2v) is 5.89. The van der Waals surface area contributed by atoms with Crippen molar-refractivity contribution < 1.29 is 0 Å². The van der Waals surface area contributed by atoms with Gasteiger partial charge >= 0.3 is 0 Å². The number of fused-ring (bicyclic) bond motifs is 1. The summed E-state index contributed by atoms with van der Waals surface area (Å²) in [4.78, 5) is 8.12. The molecule has 0 bridgehead atoms. The number of hydrogen-bond donors (Lipinski definition) is 1. The van der Waals surface area contributed by atoms with E-state index in [4.69, 9.17) is 4.98 Å². The van der Waals surface area contributed by atoms with Crippen LogP contribution < -0.4 is 10.2 Å². The number of hydrogen-bond acceptors (Lipinski definition) is 4. The second-order valence-electron chi connectivity index (χ2n) is 5.01. The molecule has 3 rings (SSSR count). The van der Waals surface area contributed by atoms with Crippen molar-refractivity contribution >= 4 is 22.1 Å². The van der Waals surface area contributed by atoms with Crippen molar-refractivity contribution in [2.24, 2.45) is 0 Å². The average molecular weight is 264 g/mol. The lowest BCUT2D eigenvalue weighted by molar-refractivity contribution is 0.668. The van der Waals surface area contributed by atoms with Gasteiger partial charge in [0.05, 0.1) is 5.69 Å². The Kier molecular flexibility index (Phi) is 3.26. The van der Waals surface area contributed by atoms with Gasteiger partial charge in [0.1, 0.15) is 0 Å². The minimum atomic E-state index is 0.735. The van der Waals surface area contributed by atoms with E-state index in [1.54, 1.807) is 11.3 Å². The maximum atomic E-state index is 4.76. The first-order chi connectivity index (χ1) is 8.79. The molecule has 1 aliphatic rings. The Morgan fingerprint density at radius 1 is 1.56 bits per heavy atom. The van der Waals surface area contributed by atoms with E-state index < -0.39 is 0 Å². The largest absolute Gasteiger partial charge is 0.358 e. The van der Waals surface area contributed by atoms with E-state index in [0.29, 0.717) is 0 Å². The third-order valence-electron chi connectivity index (χ3n) is 3.40. The van der Waals surface area contributed by atoms with Gasteiger partial charge in [-0.15, -0.1) is 11.3 Å².